The van der Waals surface area contributed by atoms with Gasteiger partial charge in [-0.1, -0.05) is 30.3 Å². The van der Waals surface area contributed by atoms with Crippen LogP contribution in [0.4, 0.5) is 0 Å². The maximum Gasteiger partial charge on any atom is 0.232 e. The second kappa shape index (κ2) is 6.32. The number of hydrogen-bond acceptors (Lipinski definition) is 4. The summed E-state index contributed by atoms with van der Waals surface area (Å²) in [7, 11) is 0. The highest BCUT2D eigenvalue weighted by molar-refractivity contribution is 6.14. The van der Waals surface area contributed by atoms with Crippen molar-refractivity contribution < 1.29 is 18.7 Å². The van der Waals surface area contributed by atoms with E-state index in [9.17, 15) is 4.79 Å². The SMILES string of the molecule is Cc1c(OCc2ccccc2)ccc2c1O/C(=C\c1ccco1)C2=O. The fourth-order valence-corrected chi connectivity index (χ4v) is 2.76. The third kappa shape index (κ3) is 2.94. The second-order valence-electron chi connectivity index (χ2n) is 5.79. The molecule has 25 heavy (non-hydrogen) atoms. The molecule has 4 nitrogen and oxygen atoms in total. The first kappa shape index (κ1) is 15.3. The highest BCUT2D eigenvalue weighted by Crippen LogP contribution is 2.39. The van der Waals surface area contributed by atoms with Gasteiger partial charge in [0.15, 0.2) is 5.76 Å². The lowest BCUT2D eigenvalue weighted by molar-refractivity contribution is 0.101. The molecule has 2 aromatic carbocycles. The number of benzene rings is 2. The molecule has 1 aliphatic heterocycles. The highest BCUT2D eigenvalue weighted by atomic mass is 16.5. The van der Waals surface area contributed by atoms with E-state index in [2.05, 4.69) is 0 Å². The number of Topliss-reactive ketones (excluding diaryl/α,β-unsaturated/α-hetero) is 1. The van der Waals surface area contributed by atoms with Crippen LogP contribution in [0.25, 0.3) is 6.08 Å². The molecule has 1 aliphatic rings. The number of hydrogen-bond donors (Lipinski definition) is 0. The van der Waals surface area contributed by atoms with E-state index in [4.69, 9.17) is 13.9 Å². The summed E-state index contributed by atoms with van der Waals surface area (Å²) in [5.41, 5.74) is 2.43. The smallest absolute Gasteiger partial charge is 0.232 e. The van der Waals surface area contributed by atoms with Crippen molar-refractivity contribution in [3.8, 4) is 11.5 Å². The monoisotopic (exact) mass is 332 g/mol. The van der Waals surface area contributed by atoms with E-state index in [1.807, 2.05) is 43.3 Å². The summed E-state index contributed by atoms with van der Waals surface area (Å²) >= 11 is 0. The van der Waals surface area contributed by atoms with Crippen LogP contribution in [0.5, 0.6) is 11.5 Å². The van der Waals surface area contributed by atoms with Crippen LogP contribution in [0, 0.1) is 6.92 Å². The summed E-state index contributed by atoms with van der Waals surface area (Å²) in [6.07, 6.45) is 3.16. The quantitative estimate of drug-likeness (QED) is 0.645. The van der Waals surface area contributed by atoms with Crippen LogP contribution in [0.2, 0.25) is 0 Å². The Hall–Kier alpha value is -3.27. The van der Waals surface area contributed by atoms with E-state index in [0.29, 0.717) is 29.4 Å². The first-order valence-electron chi connectivity index (χ1n) is 8.00. The number of allylic oxidation sites excluding steroid dienone is 1. The van der Waals surface area contributed by atoms with Crippen LogP contribution in [0.1, 0.15) is 27.2 Å². The molecule has 0 fully saturated rings. The Balaban J connectivity index is 1.59. The van der Waals surface area contributed by atoms with Crippen LogP contribution in [-0.4, -0.2) is 5.78 Å². The lowest BCUT2D eigenvalue weighted by Crippen LogP contribution is -1.98. The van der Waals surface area contributed by atoms with Gasteiger partial charge in [0, 0.05) is 11.6 Å². The van der Waals surface area contributed by atoms with Gasteiger partial charge in [-0.2, -0.15) is 0 Å². The topological polar surface area (TPSA) is 48.7 Å². The van der Waals surface area contributed by atoms with Crippen molar-refractivity contribution in [1.82, 2.24) is 0 Å². The van der Waals surface area contributed by atoms with Crippen LogP contribution in [-0.2, 0) is 6.61 Å². The molecule has 1 aromatic heterocycles. The molecule has 124 valence electrons. The van der Waals surface area contributed by atoms with Gasteiger partial charge in [0.1, 0.15) is 23.9 Å². The molecule has 0 radical (unpaired) electrons. The third-order valence-electron chi connectivity index (χ3n) is 4.09. The fourth-order valence-electron chi connectivity index (χ4n) is 2.76. The van der Waals surface area contributed by atoms with E-state index in [1.165, 1.54) is 0 Å². The van der Waals surface area contributed by atoms with E-state index >= 15 is 0 Å². The van der Waals surface area contributed by atoms with Crippen LogP contribution in [0.3, 0.4) is 0 Å². The Morgan fingerprint density at radius 3 is 2.64 bits per heavy atom. The molecule has 0 atom stereocenters. The summed E-state index contributed by atoms with van der Waals surface area (Å²) in [5, 5.41) is 0. The Labute approximate surface area is 145 Å². The lowest BCUT2D eigenvalue weighted by Gasteiger charge is -2.11. The van der Waals surface area contributed by atoms with Crippen molar-refractivity contribution in [1.29, 1.82) is 0 Å². The maximum absolute atomic E-state index is 12.5. The van der Waals surface area contributed by atoms with Gasteiger partial charge in [-0.15, -0.1) is 0 Å². The molecule has 0 saturated carbocycles. The van der Waals surface area contributed by atoms with Gasteiger partial charge in [-0.25, -0.2) is 0 Å². The number of ketones is 1. The van der Waals surface area contributed by atoms with Crippen molar-refractivity contribution in [3.63, 3.8) is 0 Å². The Kier molecular flexibility index (Phi) is 3.86. The largest absolute Gasteiger partial charge is 0.488 e. The van der Waals surface area contributed by atoms with Crippen LogP contribution in [0.15, 0.2) is 71.0 Å². The standard InChI is InChI=1S/C21H16O4/c1-14-18(24-13-15-6-3-2-4-7-15)10-9-17-20(22)19(25-21(14)17)12-16-8-5-11-23-16/h2-12H,13H2,1H3/b19-12-. The molecule has 0 bridgehead atoms. The van der Waals surface area contributed by atoms with Crippen molar-refractivity contribution in [2.45, 2.75) is 13.5 Å². The minimum atomic E-state index is -0.149. The first-order valence-corrected chi connectivity index (χ1v) is 8.00. The number of ether oxygens (including phenoxy) is 2. The van der Waals surface area contributed by atoms with Crippen molar-refractivity contribution in [2.75, 3.05) is 0 Å². The Bertz CT molecular complexity index is 938. The zero-order valence-electron chi connectivity index (χ0n) is 13.7. The van der Waals surface area contributed by atoms with E-state index in [1.54, 1.807) is 30.5 Å². The first-order chi connectivity index (χ1) is 12.2. The molecule has 0 saturated heterocycles. The summed E-state index contributed by atoms with van der Waals surface area (Å²) in [4.78, 5) is 12.5. The Morgan fingerprint density at radius 2 is 1.88 bits per heavy atom. The predicted molar refractivity (Wildman–Crippen MR) is 93.6 cm³/mol. The summed E-state index contributed by atoms with van der Waals surface area (Å²) < 4.78 is 16.9. The number of furan rings is 1. The average molecular weight is 332 g/mol. The zero-order chi connectivity index (χ0) is 17.2. The zero-order valence-corrected chi connectivity index (χ0v) is 13.7. The van der Waals surface area contributed by atoms with Crippen LogP contribution >= 0.6 is 0 Å². The van der Waals surface area contributed by atoms with Crippen molar-refractivity contribution >= 4 is 11.9 Å². The normalized spacial score (nSPS) is 14.4. The number of carbonyl (C=O) groups is 1. The molecule has 0 amide bonds. The number of rotatable bonds is 4. The van der Waals surface area contributed by atoms with Crippen molar-refractivity contribution in [3.05, 3.63) is 89.1 Å². The van der Waals surface area contributed by atoms with Gasteiger partial charge in [-0.05, 0) is 36.8 Å². The van der Waals surface area contributed by atoms with E-state index in [-0.39, 0.29) is 11.5 Å². The summed E-state index contributed by atoms with van der Waals surface area (Å²) in [6, 6.07) is 17.0. The molecular weight excluding hydrogens is 316 g/mol. The summed E-state index contributed by atoms with van der Waals surface area (Å²) in [6.45, 7) is 2.35. The molecule has 2 heterocycles. The van der Waals surface area contributed by atoms with Gasteiger partial charge in [0.25, 0.3) is 0 Å². The Morgan fingerprint density at radius 1 is 1.04 bits per heavy atom. The molecule has 3 aromatic rings. The number of carbonyl (C=O) groups excluding carboxylic acids is 1. The van der Waals surface area contributed by atoms with E-state index in [0.717, 1.165) is 11.1 Å². The van der Waals surface area contributed by atoms with Gasteiger partial charge < -0.3 is 13.9 Å². The van der Waals surface area contributed by atoms with Crippen molar-refractivity contribution in [2.24, 2.45) is 0 Å². The lowest BCUT2D eigenvalue weighted by atomic mass is 10.1. The van der Waals surface area contributed by atoms with Gasteiger partial charge in [0.2, 0.25) is 5.78 Å². The fraction of sp³-hybridized carbons (Fsp3) is 0.0952. The minimum Gasteiger partial charge on any atom is -0.488 e. The molecule has 0 spiro atoms. The number of fused-ring (bicyclic) bond motifs is 1. The average Bonchev–Trinajstić information content (AvgIpc) is 3.25. The molecule has 4 rings (SSSR count). The van der Waals surface area contributed by atoms with Gasteiger partial charge >= 0.3 is 0 Å². The molecule has 0 N–H and O–H groups in total. The highest BCUT2D eigenvalue weighted by Gasteiger charge is 2.30. The molecule has 4 heteroatoms. The minimum absolute atomic E-state index is 0.149. The van der Waals surface area contributed by atoms with Gasteiger partial charge in [-0.3, -0.25) is 4.79 Å². The third-order valence-corrected chi connectivity index (χ3v) is 4.09. The molecular formula is C21H16O4. The van der Waals surface area contributed by atoms with Crippen LogP contribution < -0.4 is 9.47 Å². The van der Waals surface area contributed by atoms with E-state index < -0.39 is 0 Å². The summed E-state index contributed by atoms with van der Waals surface area (Å²) in [5.74, 6) is 1.94. The second-order valence-corrected chi connectivity index (χ2v) is 5.79. The predicted octanol–water partition coefficient (Wildman–Crippen LogP) is 4.78. The maximum atomic E-state index is 12.5. The molecule has 0 aliphatic carbocycles. The molecule has 0 unspecified atom stereocenters. The van der Waals surface area contributed by atoms with Gasteiger partial charge in [0.05, 0.1) is 11.8 Å².